The Morgan fingerprint density at radius 1 is 1.10 bits per heavy atom. The van der Waals surface area contributed by atoms with Crippen LogP contribution in [0.3, 0.4) is 0 Å². The van der Waals surface area contributed by atoms with Crippen LogP contribution in [0.15, 0.2) is 78.3 Å². The number of pyridine rings is 1. The molecule has 1 atom stereocenters. The lowest BCUT2D eigenvalue weighted by atomic mass is 9.98. The van der Waals surface area contributed by atoms with Crippen LogP contribution in [0.2, 0.25) is 0 Å². The highest BCUT2D eigenvalue weighted by Crippen LogP contribution is 2.29. The number of hydrogen-bond acceptors (Lipinski definition) is 5. The van der Waals surface area contributed by atoms with Crippen molar-refractivity contribution in [2.24, 2.45) is 5.92 Å². The molecule has 3 aromatic rings. The lowest BCUT2D eigenvalue weighted by molar-refractivity contribution is 0.101. The van der Waals surface area contributed by atoms with Gasteiger partial charge in [-0.1, -0.05) is 33.1 Å². The topological polar surface area (TPSA) is 78.5 Å². The Labute approximate surface area is 249 Å². The highest BCUT2D eigenvalue weighted by molar-refractivity contribution is 5.83. The van der Waals surface area contributed by atoms with Gasteiger partial charge in [-0.25, -0.2) is 4.39 Å². The Morgan fingerprint density at radius 2 is 1.81 bits per heavy atom. The van der Waals surface area contributed by atoms with Crippen molar-refractivity contribution in [3.63, 3.8) is 0 Å². The van der Waals surface area contributed by atoms with Gasteiger partial charge in [-0.05, 0) is 117 Å². The lowest BCUT2D eigenvalue weighted by Gasteiger charge is -2.25. The standard InChI is InChI=1S/C35H44FN3O3/c1-23(2)21-33(26(5)42-30-9-6-7-10-30)38-19-8-20-41-29-14-12-28(13-15-29)39-34(40)18-16-31(35(39)37)25(4)27-11-17-32(36)24(3)22-27/h11-18,22-23,30,33,38H,4-10,19-21,37H2,1-3H3/t33-/m0/s1. The van der Waals surface area contributed by atoms with E-state index in [2.05, 4.69) is 32.3 Å². The summed E-state index contributed by atoms with van der Waals surface area (Å²) in [6.07, 6.45) is 6.84. The Bertz CT molecular complexity index is 1440. The second kappa shape index (κ2) is 14.4. The first kappa shape index (κ1) is 31.1. The number of nitrogens with one attached hydrogen (secondary N) is 1. The van der Waals surface area contributed by atoms with E-state index in [9.17, 15) is 9.18 Å². The van der Waals surface area contributed by atoms with Crippen LogP contribution in [0.5, 0.6) is 5.75 Å². The van der Waals surface area contributed by atoms with Crippen molar-refractivity contribution in [2.45, 2.75) is 71.4 Å². The molecule has 0 bridgehead atoms. The fraction of sp³-hybridized carbons (Fsp3) is 0.400. The van der Waals surface area contributed by atoms with E-state index in [1.807, 2.05) is 24.3 Å². The van der Waals surface area contributed by atoms with Gasteiger partial charge in [0, 0.05) is 11.6 Å². The van der Waals surface area contributed by atoms with Gasteiger partial charge in [0.2, 0.25) is 0 Å². The minimum absolute atomic E-state index is 0.132. The number of nitrogens with two attached hydrogens (primary N) is 1. The summed E-state index contributed by atoms with van der Waals surface area (Å²) in [6.45, 7) is 15.9. The molecule has 1 aliphatic rings. The van der Waals surface area contributed by atoms with E-state index >= 15 is 0 Å². The Morgan fingerprint density at radius 3 is 2.48 bits per heavy atom. The molecule has 0 aliphatic heterocycles. The summed E-state index contributed by atoms with van der Waals surface area (Å²) < 4.78 is 27.4. The zero-order valence-corrected chi connectivity index (χ0v) is 25.1. The summed E-state index contributed by atoms with van der Waals surface area (Å²) in [4.78, 5) is 12.8. The van der Waals surface area contributed by atoms with Gasteiger partial charge >= 0.3 is 0 Å². The number of ether oxygens (including phenoxy) is 2. The maximum absolute atomic E-state index is 13.8. The van der Waals surface area contributed by atoms with Crippen LogP contribution in [0.25, 0.3) is 11.3 Å². The average Bonchev–Trinajstić information content (AvgIpc) is 3.47. The first-order chi connectivity index (χ1) is 20.1. The van der Waals surface area contributed by atoms with E-state index in [0.29, 0.717) is 46.8 Å². The highest BCUT2D eigenvalue weighted by Gasteiger charge is 2.22. The largest absolute Gasteiger partial charge is 0.494 e. The number of rotatable bonds is 14. The summed E-state index contributed by atoms with van der Waals surface area (Å²) in [5.41, 5.74) is 9.31. The Balaban J connectivity index is 1.34. The first-order valence-corrected chi connectivity index (χ1v) is 14.9. The average molecular weight is 574 g/mol. The molecule has 6 nitrogen and oxygen atoms in total. The summed E-state index contributed by atoms with van der Waals surface area (Å²) in [5, 5.41) is 3.60. The predicted octanol–water partition coefficient (Wildman–Crippen LogP) is 7.17. The molecule has 0 unspecified atom stereocenters. The number of nitrogen functional groups attached to an aromatic ring is 1. The summed E-state index contributed by atoms with van der Waals surface area (Å²) in [6, 6.07) is 15.3. The number of hydrogen-bond donors (Lipinski definition) is 2. The molecule has 1 heterocycles. The number of aromatic nitrogens is 1. The van der Waals surface area contributed by atoms with Crippen molar-refractivity contribution in [2.75, 3.05) is 18.9 Å². The van der Waals surface area contributed by atoms with Crippen molar-refractivity contribution in [3.05, 3.63) is 106 Å². The molecule has 0 amide bonds. The molecule has 1 aliphatic carbocycles. The first-order valence-electron chi connectivity index (χ1n) is 14.9. The molecule has 1 saturated carbocycles. The summed E-state index contributed by atoms with van der Waals surface area (Å²) >= 11 is 0. The van der Waals surface area contributed by atoms with Crippen LogP contribution >= 0.6 is 0 Å². The molecule has 1 aromatic heterocycles. The molecule has 1 fully saturated rings. The smallest absolute Gasteiger partial charge is 0.256 e. The van der Waals surface area contributed by atoms with E-state index in [1.165, 1.54) is 29.5 Å². The molecule has 2 aromatic carbocycles. The van der Waals surface area contributed by atoms with E-state index < -0.39 is 0 Å². The Kier molecular flexibility index (Phi) is 10.6. The molecular weight excluding hydrogens is 529 g/mol. The molecule has 4 rings (SSSR count). The van der Waals surface area contributed by atoms with Crippen molar-refractivity contribution in [1.82, 2.24) is 9.88 Å². The van der Waals surface area contributed by atoms with Crippen molar-refractivity contribution in [3.8, 4) is 11.4 Å². The fourth-order valence-corrected chi connectivity index (χ4v) is 5.40. The van der Waals surface area contributed by atoms with Gasteiger partial charge in [0.15, 0.2) is 0 Å². The van der Waals surface area contributed by atoms with Gasteiger partial charge in [-0.3, -0.25) is 9.36 Å². The summed E-state index contributed by atoms with van der Waals surface area (Å²) in [5.74, 6) is 2.08. The van der Waals surface area contributed by atoms with Crippen LogP contribution in [-0.2, 0) is 4.74 Å². The van der Waals surface area contributed by atoms with Crippen LogP contribution in [0.1, 0.15) is 69.1 Å². The molecule has 0 radical (unpaired) electrons. The fourth-order valence-electron chi connectivity index (χ4n) is 5.40. The number of anilines is 1. The van der Waals surface area contributed by atoms with Crippen molar-refractivity contribution in [1.29, 1.82) is 0 Å². The van der Waals surface area contributed by atoms with Gasteiger partial charge in [-0.2, -0.15) is 0 Å². The van der Waals surface area contributed by atoms with Crippen LogP contribution < -0.4 is 21.3 Å². The van der Waals surface area contributed by atoms with Gasteiger partial charge < -0.3 is 20.5 Å². The van der Waals surface area contributed by atoms with E-state index in [-0.39, 0.29) is 23.2 Å². The van der Waals surface area contributed by atoms with Crippen LogP contribution in [0, 0.1) is 18.7 Å². The van der Waals surface area contributed by atoms with E-state index in [0.717, 1.165) is 43.6 Å². The van der Waals surface area contributed by atoms with Gasteiger partial charge in [0.25, 0.3) is 5.56 Å². The third-order valence-electron chi connectivity index (χ3n) is 7.75. The minimum Gasteiger partial charge on any atom is -0.494 e. The zero-order valence-electron chi connectivity index (χ0n) is 25.1. The molecule has 0 spiro atoms. The molecule has 224 valence electrons. The van der Waals surface area contributed by atoms with Crippen molar-refractivity contribution < 1.29 is 13.9 Å². The molecule has 3 N–H and O–H groups in total. The lowest BCUT2D eigenvalue weighted by Crippen LogP contribution is -2.35. The maximum atomic E-state index is 13.8. The number of benzene rings is 2. The van der Waals surface area contributed by atoms with Crippen molar-refractivity contribution >= 4 is 11.4 Å². The van der Waals surface area contributed by atoms with Gasteiger partial charge in [-0.15, -0.1) is 0 Å². The second-order valence-electron chi connectivity index (χ2n) is 11.6. The number of halogens is 1. The number of aryl methyl sites for hydroxylation is 1. The third-order valence-corrected chi connectivity index (χ3v) is 7.75. The maximum Gasteiger partial charge on any atom is 0.256 e. The molecular formula is C35H44FN3O3. The SMILES string of the molecule is C=C(c1ccc(F)c(C)c1)c1ccc(=O)n(-c2ccc(OCCCN[C@@H](CC(C)C)C(=C)OC3CCCC3)cc2)c1N. The molecule has 0 saturated heterocycles. The number of nitrogens with zero attached hydrogens (tertiary/aromatic N) is 1. The third kappa shape index (κ3) is 7.91. The predicted molar refractivity (Wildman–Crippen MR) is 170 cm³/mol. The highest BCUT2D eigenvalue weighted by atomic mass is 19.1. The summed E-state index contributed by atoms with van der Waals surface area (Å²) in [7, 11) is 0. The normalized spacial score (nSPS) is 14.2. The minimum atomic E-state index is -0.284. The molecule has 7 heteroatoms. The quantitative estimate of drug-likeness (QED) is 0.158. The monoisotopic (exact) mass is 573 g/mol. The Hall–Kier alpha value is -3.84. The van der Waals surface area contributed by atoms with E-state index in [4.69, 9.17) is 15.2 Å². The zero-order chi connectivity index (χ0) is 30.2. The molecule has 42 heavy (non-hydrogen) atoms. The van der Waals surface area contributed by atoms with Gasteiger partial charge in [0.1, 0.15) is 23.1 Å². The van der Waals surface area contributed by atoms with E-state index in [1.54, 1.807) is 25.1 Å². The van der Waals surface area contributed by atoms with Gasteiger partial charge in [0.05, 0.1) is 24.4 Å². The van der Waals surface area contributed by atoms with Crippen LogP contribution in [-0.4, -0.2) is 29.9 Å². The second-order valence-corrected chi connectivity index (χ2v) is 11.6. The van der Waals surface area contributed by atoms with Crippen LogP contribution in [0.4, 0.5) is 10.2 Å².